The van der Waals surface area contributed by atoms with Gasteiger partial charge in [-0.1, -0.05) is 11.3 Å². The fourth-order valence-corrected chi connectivity index (χ4v) is 5.06. The van der Waals surface area contributed by atoms with Gasteiger partial charge in [0.1, 0.15) is 10.7 Å². The number of piperidine rings is 1. The molecule has 1 fully saturated rings. The third kappa shape index (κ3) is 4.10. The van der Waals surface area contributed by atoms with Crippen molar-refractivity contribution in [1.82, 2.24) is 19.8 Å². The van der Waals surface area contributed by atoms with E-state index in [1.807, 2.05) is 36.9 Å². The smallest absolute Gasteiger partial charge is 0.293 e. The lowest BCUT2D eigenvalue weighted by molar-refractivity contribution is -0.384. The molecule has 0 saturated carbocycles. The summed E-state index contributed by atoms with van der Waals surface area (Å²) in [5, 5.41) is 28.1. The van der Waals surface area contributed by atoms with Crippen molar-refractivity contribution in [3.8, 4) is 10.6 Å². The highest BCUT2D eigenvalue weighted by Crippen LogP contribution is 2.32. The molecule has 0 spiro atoms. The van der Waals surface area contributed by atoms with Crippen molar-refractivity contribution in [2.75, 3.05) is 23.3 Å². The quantitative estimate of drug-likeness (QED) is 0.329. The standard InChI is InChI=1S/C23H23N7O3S/c1-14-12-17(22-27-29-15(2)25-26-23(29)34-22)6-8-18(14)24-21(31)16-7-9-19(20(13-16)30(32)33)28-10-4-3-5-11-28/h6-9,12-13H,3-5,10-11H2,1-2H3,(H,24,31). The average Bonchev–Trinajstić information content (AvgIpc) is 3.42. The summed E-state index contributed by atoms with van der Waals surface area (Å²) >= 11 is 1.44. The number of carbonyl (C=O) groups excluding carboxylic acids is 1. The predicted molar refractivity (Wildman–Crippen MR) is 131 cm³/mol. The number of nitro groups is 1. The fourth-order valence-electron chi connectivity index (χ4n) is 4.18. The minimum absolute atomic E-state index is 0.0415. The molecule has 1 aliphatic rings. The number of aryl methyl sites for hydroxylation is 2. The summed E-state index contributed by atoms with van der Waals surface area (Å²) in [6.07, 6.45) is 3.16. The van der Waals surface area contributed by atoms with Crippen LogP contribution in [0.5, 0.6) is 0 Å². The number of rotatable bonds is 5. The van der Waals surface area contributed by atoms with Crippen LogP contribution in [0.15, 0.2) is 36.4 Å². The topological polar surface area (TPSA) is 119 Å². The van der Waals surface area contributed by atoms with E-state index in [9.17, 15) is 14.9 Å². The van der Waals surface area contributed by atoms with Gasteiger partial charge in [0.2, 0.25) is 4.96 Å². The van der Waals surface area contributed by atoms with E-state index in [4.69, 9.17) is 0 Å². The van der Waals surface area contributed by atoms with Gasteiger partial charge in [0.15, 0.2) is 5.82 Å². The van der Waals surface area contributed by atoms with Gasteiger partial charge in [0.05, 0.1) is 4.92 Å². The van der Waals surface area contributed by atoms with Crippen LogP contribution in [-0.4, -0.2) is 43.7 Å². The Morgan fingerprint density at radius 3 is 2.59 bits per heavy atom. The summed E-state index contributed by atoms with van der Waals surface area (Å²) in [5.41, 5.74) is 3.18. The molecule has 0 atom stereocenters. The first-order chi connectivity index (χ1) is 16.4. The van der Waals surface area contributed by atoms with Crippen LogP contribution in [0.25, 0.3) is 15.5 Å². The van der Waals surface area contributed by atoms with E-state index in [-0.39, 0.29) is 11.3 Å². The maximum absolute atomic E-state index is 12.9. The second kappa shape index (κ2) is 8.82. The van der Waals surface area contributed by atoms with E-state index < -0.39 is 10.8 Å². The molecular weight excluding hydrogens is 454 g/mol. The summed E-state index contributed by atoms with van der Waals surface area (Å²) in [6.45, 7) is 5.32. The number of aromatic nitrogens is 4. The minimum atomic E-state index is -0.414. The SMILES string of the molecule is Cc1cc(-c2nn3c(C)nnc3s2)ccc1NC(=O)c1ccc(N2CCCCC2)c([N+](=O)[O-])c1. The Balaban J connectivity index is 1.37. The van der Waals surface area contributed by atoms with Gasteiger partial charge in [-0.15, -0.1) is 10.2 Å². The minimum Gasteiger partial charge on any atom is -0.366 e. The maximum atomic E-state index is 12.9. The monoisotopic (exact) mass is 477 g/mol. The lowest BCUT2D eigenvalue weighted by atomic mass is 10.1. The number of benzene rings is 2. The molecule has 10 nitrogen and oxygen atoms in total. The number of nitrogens with zero attached hydrogens (tertiary/aromatic N) is 6. The number of carbonyl (C=O) groups is 1. The van der Waals surface area contributed by atoms with Crippen LogP contribution in [0, 0.1) is 24.0 Å². The Morgan fingerprint density at radius 1 is 1.09 bits per heavy atom. The van der Waals surface area contributed by atoms with Gasteiger partial charge < -0.3 is 10.2 Å². The molecule has 1 aliphatic heterocycles. The molecule has 5 rings (SSSR count). The van der Waals surface area contributed by atoms with Crippen LogP contribution < -0.4 is 10.2 Å². The first kappa shape index (κ1) is 22.0. The Kier molecular flexibility index (Phi) is 5.70. The van der Waals surface area contributed by atoms with Crippen molar-refractivity contribution in [3.05, 3.63) is 63.5 Å². The second-order valence-corrected chi connectivity index (χ2v) is 9.30. The maximum Gasteiger partial charge on any atom is 0.293 e. The van der Waals surface area contributed by atoms with E-state index in [1.54, 1.807) is 16.6 Å². The van der Waals surface area contributed by atoms with Gasteiger partial charge in [-0.3, -0.25) is 14.9 Å². The molecule has 0 aliphatic carbocycles. The number of amides is 1. The van der Waals surface area contributed by atoms with Crippen LogP contribution in [0.3, 0.4) is 0 Å². The van der Waals surface area contributed by atoms with Crippen LogP contribution in [0.4, 0.5) is 17.1 Å². The first-order valence-corrected chi connectivity index (χ1v) is 11.9. The van der Waals surface area contributed by atoms with E-state index in [0.29, 0.717) is 11.4 Å². The van der Waals surface area contributed by atoms with Crippen LogP contribution in [0.1, 0.15) is 41.0 Å². The highest BCUT2D eigenvalue weighted by Gasteiger charge is 2.23. The van der Waals surface area contributed by atoms with E-state index in [1.165, 1.54) is 17.4 Å². The third-order valence-electron chi connectivity index (χ3n) is 6.00. The zero-order chi connectivity index (χ0) is 23.8. The Bertz CT molecular complexity index is 1410. The van der Waals surface area contributed by atoms with E-state index in [0.717, 1.165) is 59.3 Å². The van der Waals surface area contributed by atoms with Crippen LogP contribution >= 0.6 is 11.3 Å². The molecule has 4 aromatic rings. The summed E-state index contributed by atoms with van der Waals surface area (Å²) in [5.74, 6) is 0.331. The Hall–Kier alpha value is -3.86. The van der Waals surface area contributed by atoms with Gasteiger partial charge in [0.25, 0.3) is 11.6 Å². The number of nitro benzene ring substituents is 1. The molecule has 34 heavy (non-hydrogen) atoms. The van der Waals surface area contributed by atoms with Crippen molar-refractivity contribution in [3.63, 3.8) is 0 Å². The van der Waals surface area contributed by atoms with Crippen molar-refractivity contribution in [2.45, 2.75) is 33.1 Å². The zero-order valence-corrected chi connectivity index (χ0v) is 19.6. The van der Waals surface area contributed by atoms with Gasteiger partial charge in [0, 0.05) is 36.0 Å². The van der Waals surface area contributed by atoms with Crippen LogP contribution in [-0.2, 0) is 0 Å². The normalized spacial score (nSPS) is 13.9. The first-order valence-electron chi connectivity index (χ1n) is 11.1. The summed E-state index contributed by atoms with van der Waals surface area (Å²) < 4.78 is 1.70. The molecule has 1 amide bonds. The summed E-state index contributed by atoms with van der Waals surface area (Å²) in [6, 6.07) is 10.3. The van der Waals surface area contributed by atoms with Gasteiger partial charge in [-0.05, 0) is 69.0 Å². The molecule has 3 heterocycles. The van der Waals surface area contributed by atoms with Gasteiger partial charge in [-0.25, -0.2) is 0 Å². The van der Waals surface area contributed by atoms with Crippen molar-refractivity contribution in [1.29, 1.82) is 0 Å². The van der Waals surface area contributed by atoms with Crippen molar-refractivity contribution < 1.29 is 9.72 Å². The molecule has 0 bridgehead atoms. The lowest BCUT2D eigenvalue weighted by Crippen LogP contribution is -2.30. The third-order valence-corrected chi connectivity index (χ3v) is 6.95. The Labute approximate surface area is 199 Å². The van der Waals surface area contributed by atoms with E-state index in [2.05, 4.69) is 20.6 Å². The lowest BCUT2D eigenvalue weighted by Gasteiger charge is -2.28. The number of anilines is 2. The zero-order valence-electron chi connectivity index (χ0n) is 18.8. The average molecular weight is 478 g/mol. The largest absolute Gasteiger partial charge is 0.366 e. The number of hydrogen-bond donors (Lipinski definition) is 1. The van der Waals surface area contributed by atoms with Crippen LogP contribution in [0.2, 0.25) is 0 Å². The van der Waals surface area contributed by atoms with E-state index >= 15 is 0 Å². The summed E-state index contributed by atoms with van der Waals surface area (Å²) in [4.78, 5) is 27.0. The van der Waals surface area contributed by atoms with Crippen molar-refractivity contribution >= 4 is 39.3 Å². The number of nitrogens with one attached hydrogen (secondary N) is 1. The second-order valence-electron chi connectivity index (χ2n) is 8.34. The molecule has 174 valence electrons. The molecular formula is C23H23N7O3S. The van der Waals surface area contributed by atoms with Gasteiger partial charge >= 0.3 is 0 Å². The fraction of sp³-hybridized carbons (Fsp3) is 0.304. The highest BCUT2D eigenvalue weighted by molar-refractivity contribution is 7.19. The predicted octanol–water partition coefficient (Wildman–Crippen LogP) is 4.62. The number of hydrogen-bond acceptors (Lipinski definition) is 8. The molecule has 0 radical (unpaired) electrons. The Morgan fingerprint density at radius 2 is 1.88 bits per heavy atom. The molecule has 0 unspecified atom stereocenters. The number of fused-ring (bicyclic) bond motifs is 1. The highest BCUT2D eigenvalue weighted by atomic mass is 32.1. The molecule has 2 aromatic heterocycles. The molecule has 11 heteroatoms. The summed E-state index contributed by atoms with van der Waals surface area (Å²) in [7, 11) is 0. The molecule has 1 saturated heterocycles. The van der Waals surface area contributed by atoms with Crippen molar-refractivity contribution in [2.24, 2.45) is 0 Å². The molecule has 1 N–H and O–H groups in total. The van der Waals surface area contributed by atoms with Gasteiger partial charge in [-0.2, -0.15) is 9.61 Å². The molecule has 2 aromatic carbocycles.